The van der Waals surface area contributed by atoms with Gasteiger partial charge < -0.3 is 25.0 Å². The first-order valence-electron chi connectivity index (χ1n) is 9.07. The molecule has 0 aliphatic heterocycles. The minimum Gasteiger partial charge on any atom is -0.452 e. The molecule has 0 heterocycles. The van der Waals surface area contributed by atoms with Gasteiger partial charge in [0.15, 0.2) is 6.61 Å². The molecular formula is C20H24N4O6. The number of nitro benzene ring substituents is 1. The van der Waals surface area contributed by atoms with Gasteiger partial charge in [-0.2, -0.15) is 0 Å². The summed E-state index contributed by atoms with van der Waals surface area (Å²) in [6.45, 7) is 0.229. The quantitative estimate of drug-likeness (QED) is 0.262. The van der Waals surface area contributed by atoms with Gasteiger partial charge in [0.05, 0.1) is 17.1 Å². The Morgan fingerprint density at radius 2 is 1.83 bits per heavy atom. The number of rotatable bonds is 10. The summed E-state index contributed by atoms with van der Waals surface area (Å²) >= 11 is 0. The van der Waals surface area contributed by atoms with Crippen LogP contribution in [0.25, 0.3) is 0 Å². The predicted octanol–water partition coefficient (Wildman–Crippen LogP) is 2.51. The van der Waals surface area contributed by atoms with Crippen molar-refractivity contribution in [2.45, 2.75) is 0 Å². The van der Waals surface area contributed by atoms with Gasteiger partial charge in [-0.1, -0.05) is 0 Å². The van der Waals surface area contributed by atoms with Crippen molar-refractivity contribution in [2.24, 2.45) is 0 Å². The fraction of sp³-hybridized carbons (Fsp3) is 0.300. The second-order valence-corrected chi connectivity index (χ2v) is 6.47. The first-order valence-corrected chi connectivity index (χ1v) is 9.07. The lowest BCUT2D eigenvalue weighted by molar-refractivity contribution is -0.384. The van der Waals surface area contributed by atoms with Crippen LogP contribution in [-0.2, 0) is 14.3 Å². The molecule has 0 unspecified atom stereocenters. The molecule has 2 N–H and O–H groups in total. The Bertz CT molecular complexity index is 899. The zero-order chi connectivity index (χ0) is 22.1. The van der Waals surface area contributed by atoms with Crippen molar-refractivity contribution in [1.29, 1.82) is 0 Å². The maximum atomic E-state index is 12.4. The topological polar surface area (TPSA) is 123 Å². The smallest absolute Gasteiger partial charge is 0.341 e. The van der Waals surface area contributed by atoms with E-state index in [4.69, 9.17) is 9.47 Å². The fourth-order valence-electron chi connectivity index (χ4n) is 2.51. The predicted molar refractivity (Wildman–Crippen MR) is 113 cm³/mol. The molecule has 160 valence electrons. The summed E-state index contributed by atoms with van der Waals surface area (Å²) in [7, 11) is 5.33. The highest BCUT2D eigenvalue weighted by Gasteiger charge is 2.19. The van der Waals surface area contributed by atoms with Crippen molar-refractivity contribution < 1.29 is 24.0 Å². The van der Waals surface area contributed by atoms with Crippen LogP contribution in [0.3, 0.4) is 0 Å². The first-order chi connectivity index (χ1) is 14.3. The molecule has 2 rings (SSSR count). The van der Waals surface area contributed by atoms with Crippen LogP contribution in [0.5, 0.6) is 0 Å². The van der Waals surface area contributed by atoms with Crippen LogP contribution in [0, 0.1) is 10.1 Å². The van der Waals surface area contributed by atoms with E-state index in [1.54, 1.807) is 12.1 Å². The van der Waals surface area contributed by atoms with Gasteiger partial charge in [0.2, 0.25) is 0 Å². The highest BCUT2D eigenvalue weighted by molar-refractivity contribution is 5.99. The summed E-state index contributed by atoms with van der Waals surface area (Å²) < 4.78 is 9.99. The highest BCUT2D eigenvalue weighted by Crippen LogP contribution is 2.23. The zero-order valence-corrected chi connectivity index (χ0v) is 17.0. The summed E-state index contributed by atoms with van der Waals surface area (Å²) in [5, 5.41) is 16.6. The van der Waals surface area contributed by atoms with Gasteiger partial charge in [-0.15, -0.1) is 0 Å². The molecule has 1 amide bonds. The van der Waals surface area contributed by atoms with Crippen LogP contribution in [0.15, 0.2) is 42.5 Å². The Kier molecular flexibility index (Phi) is 8.12. The number of hydrogen-bond donors (Lipinski definition) is 2. The van der Waals surface area contributed by atoms with Crippen LogP contribution in [0.2, 0.25) is 0 Å². The average Bonchev–Trinajstić information content (AvgIpc) is 2.72. The van der Waals surface area contributed by atoms with Crippen LogP contribution in [-0.4, -0.2) is 57.8 Å². The van der Waals surface area contributed by atoms with Crippen LogP contribution < -0.4 is 15.5 Å². The number of carbonyl (C=O) groups is 2. The molecule has 0 saturated carbocycles. The first kappa shape index (κ1) is 22.6. The Balaban J connectivity index is 2.02. The molecule has 10 heteroatoms. The standard InChI is InChI=1S/C20H24N4O6/c1-23(2)15-6-4-14(5-7-15)22-19(25)13-30-20(26)17-12-16(24(27)28)8-9-18(17)21-10-11-29-3/h4-9,12,21H,10-11,13H2,1-3H3,(H,22,25). The van der Waals surface area contributed by atoms with Gasteiger partial charge in [0.1, 0.15) is 0 Å². The Hall–Kier alpha value is -3.66. The van der Waals surface area contributed by atoms with Crippen LogP contribution in [0.1, 0.15) is 10.4 Å². The van der Waals surface area contributed by atoms with E-state index in [1.165, 1.54) is 19.2 Å². The lowest BCUT2D eigenvalue weighted by atomic mass is 10.1. The summed E-state index contributed by atoms with van der Waals surface area (Å²) in [5.74, 6) is -1.38. The number of benzene rings is 2. The summed E-state index contributed by atoms with van der Waals surface area (Å²) in [6.07, 6.45) is 0. The van der Waals surface area contributed by atoms with E-state index in [9.17, 15) is 19.7 Å². The molecule has 0 aliphatic rings. The number of hydrogen-bond acceptors (Lipinski definition) is 8. The van der Waals surface area contributed by atoms with Gasteiger partial charge >= 0.3 is 5.97 Å². The number of ether oxygens (including phenoxy) is 2. The van der Waals surface area contributed by atoms with E-state index in [0.717, 1.165) is 11.8 Å². The number of amides is 1. The Labute approximate surface area is 173 Å². The van der Waals surface area contributed by atoms with E-state index in [-0.39, 0.29) is 11.3 Å². The monoisotopic (exact) mass is 416 g/mol. The maximum Gasteiger partial charge on any atom is 0.341 e. The molecule has 2 aromatic carbocycles. The summed E-state index contributed by atoms with van der Waals surface area (Å²) in [6, 6.07) is 10.9. The molecule has 0 spiro atoms. The molecule has 10 nitrogen and oxygen atoms in total. The number of nitrogens with zero attached hydrogens (tertiary/aromatic N) is 2. The number of methoxy groups -OCH3 is 1. The van der Waals surface area contributed by atoms with E-state index in [0.29, 0.717) is 24.5 Å². The molecule has 30 heavy (non-hydrogen) atoms. The lowest BCUT2D eigenvalue weighted by Gasteiger charge is -2.13. The maximum absolute atomic E-state index is 12.4. The SMILES string of the molecule is COCCNc1ccc([N+](=O)[O-])cc1C(=O)OCC(=O)Nc1ccc(N(C)C)cc1. The second-order valence-electron chi connectivity index (χ2n) is 6.47. The molecule has 0 atom stereocenters. The highest BCUT2D eigenvalue weighted by atomic mass is 16.6. The number of anilines is 3. The fourth-order valence-corrected chi connectivity index (χ4v) is 2.51. The van der Waals surface area contributed by atoms with Gasteiger partial charge in [0, 0.05) is 56.9 Å². The van der Waals surface area contributed by atoms with E-state index in [2.05, 4.69) is 10.6 Å². The minimum absolute atomic E-state index is 0.0385. The third kappa shape index (κ3) is 6.45. The van der Waals surface area contributed by atoms with Crippen LogP contribution in [0.4, 0.5) is 22.7 Å². The normalized spacial score (nSPS) is 10.2. The molecule has 2 aromatic rings. The van der Waals surface area contributed by atoms with E-state index in [1.807, 2.05) is 31.1 Å². The third-order valence-corrected chi connectivity index (χ3v) is 4.06. The van der Waals surface area contributed by atoms with Crippen molar-refractivity contribution in [3.05, 3.63) is 58.1 Å². The molecule has 0 saturated heterocycles. The molecule has 0 fully saturated rings. The Morgan fingerprint density at radius 3 is 2.43 bits per heavy atom. The number of nitro groups is 1. The van der Waals surface area contributed by atoms with Crippen molar-refractivity contribution in [2.75, 3.05) is 56.5 Å². The summed E-state index contributed by atoms with van der Waals surface area (Å²) in [5.41, 5.74) is 1.58. The number of non-ortho nitro benzene ring substituents is 1. The molecule has 0 aliphatic carbocycles. The molecule has 0 aromatic heterocycles. The van der Waals surface area contributed by atoms with Crippen molar-refractivity contribution in [1.82, 2.24) is 0 Å². The van der Waals surface area contributed by atoms with Gasteiger partial charge in [-0.05, 0) is 30.3 Å². The number of nitrogens with one attached hydrogen (secondary N) is 2. The third-order valence-electron chi connectivity index (χ3n) is 4.06. The van der Waals surface area contributed by atoms with E-state index >= 15 is 0 Å². The van der Waals surface area contributed by atoms with Gasteiger partial charge in [-0.25, -0.2) is 4.79 Å². The second kappa shape index (κ2) is 10.8. The Morgan fingerprint density at radius 1 is 1.13 bits per heavy atom. The molecule has 0 radical (unpaired) electrons. The van der Waals surface area contributed by atoms with Crippen LogP contribution >= 0.6 is 0 Å². The lowest BCUT2D eigenvalue weighted by Crippen LogP contribution is -2.22. The number of esters is 1. The van der Waals surface area contributed by atoms with Crippen molar-refractivity contribution in [3.63, 3.8) is 0 Å². The van der Waals surface area contributed by atoms with Gasteiger partial charge in [-0.3, -0.25) is 14.9 Å². The van der Waals surface area contributed by atoms with Crippen molar-refractivity contribution >= 4 is 34.6 Å². The summed E-state index contributed by atoms with van der Waals surface area (Å²) in [4.78, 5) is 36.9. The molecular weight excluding hydrogens is 392 g/mol. The van der Waals surface area contributed by atoms with Gasteiger partial charge in [0.25, 0.3) is 11.6 Å². The minimum atomic E-state index is -0.850. The van der Waals surface area contributed by atoms with E-state index < -0.39 is 23.4 Å². The van der Waals surface area contributed by atoms with Crippen molar-refractivity contribution in [3.8, 4) is 0 Å². The average molecular weight is 416 g/mol. The number of carbonyl (C=O) groups excluding carboxylic acids is 2. The molecule has 0 bridgehead atoms. The largest absolute Gasteiger partial charge is 0.452 e. The zero-order valence-electron chi connectivity index (χ0n) is 17.0.